The lowest BCUT2D eigenvalue weighted by Gasteiger charge is -2.09. The van der Waals surface area contributed by atoms with Crippen molar-refractivity contribution in [1.29, 1.82) is 0 Å². The van der Waals surface area contributed by atoms with Crippen LogP contribution in [0.2, 0.25) is 5.02 Å². The number of hydrazone groups is 1. The summed E-state index contributed by atoms with van der Waals surface area (Å²) in [6.07, 6.45) is 3.43. The summed E-state index contributed by atoms with van der Waals surface area (Å²) < 4.78 is 35.5. The zero-order valence-corrected chi connectivity index (χ0v) is 16.2. The maximum absolute atomic E-state index is 12.4. The van der Waals surface area contributed by atoms with Gasteiger partial charge in [0.1, 0.15) is 16.4 Å². The molecule has 0 aromatic heterocycles. The number of hydrogen-bond donors (Lipinski definition) is 1. The van der Waals surface area contributed by atoms with Crippen LogP contribution in [0.1, 0.15) is 25.3 Å². The van der Waals surface area contributed by atoms with E-state index in [9.17, 15) is 8.42 Å². The van der Waals surface area contributed by atoms with Gasteiger partial charge < -0.3 is 9.47 Å². The van der Waals surface area contributed by atoms with Crippen molar-refractivity contribution < 1.29 is 17.9 Å². The number of benzene rings is 2. The van der Waals surface area contributed by atoms with Gasteiger partial charge in [-0.1, -0.05) is 37.1 Å². The molecule has 0 atom stereocenters. The van der Waals surface area contributed by atoms with Crippen LogP contribution in [0, 0.1) is 0 Å². The van der Waals surface area contributed by atoms with E-state index in [1.807, 2.05) is 12.1 Å². The highest BCUT2D eigenvalue weighted by atomic mass is 35.5. The Balaban J connectivity index is 2.10. The van der Waals surface area contributed by atoms with Gasteiger partial charge in [-0.2, -0.15) is 18.4 Å². The van der Waals surface area contributed by atoms with Crippen LogP contribution in [-0.4, -0.2) is 28.3 Å². The zero-order chi connectivity index (χ0) is 19.0. The number of nitrogens with one attached hydrogen (secondary N) is 1. The van der Waals surface area contributed by atoms with Crippen LogP contribution >= 0.6 is 11.6 Å². The molecule has 26 heavy (non-hydrogen) atoms. The molecule has 0 fully saturated rings. The van der Waals surface area contributed by atoms with Crippen molar-refractivity contribution in [1.82, 2.24) is 4.83 Å². The molecule has 140 valence electrons. The molecule has 0 spiro atoms. The summed E-state index contributed by atoms with van der Waals surface area (Å²) in [6.45, 7) is 2.73. The lowest BCUT2D eigenvalue weighted by Crippen LogP contribution is -2.19. The SMILES string of the molecule is CCCCOc1cccc(/C=N/NS(=O)(=O)c2cc(Cl)ccc2OC)c1. The number of unbranched alkanes of at least 4 members (excludes halogenated alkanes) is 1. The molecule has 0 saturated heterocycles. The fraction of sp³-hybridized carbons (Fsp3) is 0.278. The zero-order valence-electron chi connectivity index (χ0n) is 14.6. The Morgan fingerprint density at radius 3 is 2.77 bits per heavy atom. The average Bonchev–Trinajstić information content (AvgIpc) is 2.62. The van der Waals surface area contributed by atoms with Crippen molar-refractivity contribution in [3.63, 3.8) is 0 Å². The Morgan fingerprint density at radius 2 is 2.04 bits per heavy atom. The first kappa shape index (κ1) is 20.1. The molecule has 2 aromatic carbocycles. The van der Waals surface area contributed by atoms with Gasteiger partial charge in [-0.15, -0.1) is 0 Å². The lowest BCUT2D eigenvalue weighted by molar-refractivity contribution is 0.309. The molecule has 0 bridgehead atoms. The normalized spacial score (nSPS) is 11.5. The molecule has 0 radical (unpaired) electrons. The molecular weight excluding hydrogens is 376 g/mol. The average molecular weight is 397 g/mol. The summed E-state index contributed by atoms with van der Waals surface area (Å²) in [4.78, 5) is 2.08. The lowest BCUT2D eigenvalue weighted by atomic mass is 10.2. The first-order valence-corrected chi connectivity index (χ1v) is 9.93. The van der Waals surface area contributed by atoms with E-state index in [4.69, 9.17) is 21.1 Å². The molecule has 0 aliphatic carbocycles. The highest BCUT2D eigenvalue weighted by Crippen LogP contribution is 2.26. The van der Waals surface area contributed by atoms with E-state index in [-0.39, 0.29) is 15.7 Å². The maximum atomic E-state index is 12.4. The van der Waals surface area contributed by atoms with Crippen LogP contribution in [0.4, 0.5) is 0 Å². The number of ether oxygens (including phenoxy) is 2. The first-order valence-electron chi connectivity index (χ1n) is 8.07. The van der Waals surface area contributed by atoms with E-state index < -0.39 is 10.0 Å². The molecule has 0 aliphatic rings. The Morgan fingerprint density at radius 1 is 1.23 bits per heavy atom. The summed E-state index contributed by atoms with van der Waals surface area (Å²) >= 11 is 5.88. The van der Waals surface area contributed by atoms with Gasteiger partial charge in [0.15, 0.2) is 0 Å². The van der Waals surface area contributed by atoms with Crippen LogP contribution in [0.5, 0.6) is 11.5 Å². The van der Waals surface area contributed by atoms with Crippen molar-refractivity contribution in [3.05, 3.63) is 53.1 Å². The number of hydrogen-bond acceptors (Lipinski definition) is 5. The monoisotopic (exact) mass is 396 g/mol. The highest BCUT2D eigenvalue weighted by molar-refractivity contribution is 7.89. The molecule has 2 aromatic rings. The topological polar surface area (TPSA) is 77.0 Å². The van der Waals surface area contributed by atoms with Crippen molar-refractivity contribution in [3.8, 4) is 11.5 Å². The van der Waals surface area contributed by atoms with Gasteiger partial charge in [-0.3, -0.25) is 0 Å². The molecule has 0 unspecified atom stereocenters. The highest BCUT2D eigenvalue weighted by Gasteiger charge is 2.19. The Labute approximate surface area is 158 Å². The Bertz CT molecular complexity index is 869. The minimum Gasteiger partial charge on any atom is -0.495 e. The van der Waals surface area contributed by atoms with E-state index in [1.165, 1.54) is 25.5 Å². The fourth-order valence-corrected chi connectivity index (χ4v) is 3.32. The summed E-state index contributed by atoms with van der Waals surface area (Å²) in [6, 6.07) is 11.6. The van der Waals surface area contributed by atoms with Gasteiger partial charge in [-0.05, 0) is 42.3 Å². The second-order valence-corrected chi connectivity index (χ2v) is 7.49. The van der Waals surface area contributed by atoms with Crippen LogP contribution < -0.4 is 14.3 Å². The Kier molecular flexibility index (Phi) is 7.29. The fourth-order valence-electron chi connectivity index (χ4n) is 2.10. The number of rotatable bonds is 9. The molecule has 0 saturated carbocycles. The third-order valence-corrected chi connectivity index (χ3v) is 4.91. The van der Waals surface area contributed by atoms with E-state index in [2.05, 4.69) is 16.9 Å². The van der Waals surface area contributed by atoms with E-state index in [1.54, 1.807) is 18.2 Å². The van der Waals surface area contributed by atoms with Gasteiger partial charge in [0.25, 0.3) is 10.0 Å². The van der Waals surface area contributed by atoms with Crippen molar-refractivity contribution >= 4 is 27.8 Å². The van der Waals surface area contributed by atoms with Gasteiger partial charge in [0, 0.05) is 5.02 Å². The number of methoxy groups -OCH3 is 1. The minimum atomic E-state index is -3.91. The largest absolute Gasteiger partial charge is 0.495 e. The minimum absolute atomic E-state index is 0.0821. The first-order chi connectivity index (χ1) is 12.5. The van der Waals surface area contributed by atoms with E-state index in [0.29, 0.717) is 17.9 Å². The van der Waals surface area contributed by atoms with Gasteiger partial charge >= 0.3 is 0 Å². The molecular formula is C18H21ClN2O4S. The molecule has 0 heterocycles. The van der Waals surface area contributed by atoms with Crippen molar-refractivity contribution in [2.75, 3.05) is 13.7 Å². The summed E-state index contributed by atoms with van der Waals surface area (Å²) in [5.74, 6) is 0.894. The molecule has 6 nitrogen and oxygen atoms in total. The van der Waals surface area contributed by atoms with Gasteiger partial charge in [0.2, 0.25) is 0 Å². The predicted molar refractivity (Wildman–Crippen MR) is 103 cm³/mol. The molecule has 2 rings (SSSR count). The smallest absolute Gasteiger partial charge is 0.280 e. The van der Waals surface area contributed by atoms with Crippen LogP contribution in [0.25, 0.3) is 0 Å². The molecule has 0 amide bonds. The van der Waals surface area contributed by atoms with Crippen LogP contribution in [0.15, 0.2) is 52.5 Å². The van der Waals surface area contributed by atoms with Crippen LogP contribution in [0.3, 0.4) is 0 Å². The third kappa shape index (κ3) is 5.64. The maximum Gasteiger partial charge on any atom is 0.280 e. The number of sulfonamides is 1. The molecule has 1 N–H and O–H groups in total. The van der Waals surface area contributed by atoms with Crippen molar-refractivity contribution in [2.24, 2.45) is 5.10 Å². The predicted octanol–water partition coefficient (Wildman–Crippen LogP) is 3.84. The van der Waals surface area contributed by atoms with Crippen molar-refractivity contribution in [2.45, 2.75) is 24.7 Å². The van der Waals surface area contributed by atoms with Crippen LogP contribution in [-0.2, 0) is 10.0 Å². The summed E-state index contributed by atoms with van der Waals surface area (Å²) in [5.41, 5.74) is 0.708. The molecule has 8 heteroatoms. The summed E-state index contributed by atoms with van der Waals surface area (Å²) in [7, 11) is -2.53. The van der Waals surface area contributed by atoms with E-state index >= 15 is 0 Å². The van der Waals surface area contributed by atoms with E-state index in [0.717, 1.165) is 12.8 Å². The third-order valence-electron chi connectivity index (χ3n) is 3.43. The number of halogens is 1. The standard InChI is InChI=1S/C18H21ClN2O4S/c1-3-4-10-25-16-7-5-6-14(11-16)13-20-21-26(22,23)18-12-15(19)8-9-17(18)24-2/h5-9,11-13,21H,3-4,10H2,1-2H3/b20-13+. The molecule has 0 aliphatic heterocycles. The Hall–Kier alpha value is -2.25. The second-order valence-electron chi connectivity index (χ2n) is 5.42. The second kappa shape index (κ2) is 9.45. The van der Waals surface area contributed by atoms with Gasteiger partial charge in [-0.25, -0.2) is 0 Å². The van der Waals surface area contributed by atoms with Gasteiger partial charge in [0.05, 0.1) is 19.9 Å². The number of nitrogens with zero attached hydrogens (tertiary/aromatic N) is 1. The quantitative estimate of drug-likeness (QED) is 0.397. The summed E-state index contributed by atoms with van der Waals surface area (Å²) in [5, 5.41) is 4.10.